The molecule has 0 heterocycles. The molecule has 0 aliphatic heterocycles. The minimum Gasteiger partial charge on any atom is -0.480 e. The second-order valence-electron chi connectivity index (χ2n) is 4.18. The lowest BCUT2D eigenvalue weighted by atomic mass is 10.0. The van der Waals surface area contributed by atoms with Crippen molar-refractivity contribution in [3.05, 3.63) is 0 Å². The molecule has 0 spiro atoms. The summed E-state index contributed by atoms with van der Waals surface area (Å²) in [6.07, 6.45) is 4.12. The van der Waals surface area contributed by atoms with E-state index < -0.39 is 5.97 Å². The Hall–Kier alpha value is -0.570. The van der Waals surface area contributed by atoms with Gasteiger partial charge in [-0.15, -0.1) is 0 Å². The van der Waals surface area contributed by atoms with Crippen LogP contribution in [-0.4, -0.2) is 23.7 Å². The van der Waals surface area contributed by atoms with Crippen LogP contribution in [0.3, 0.4) is 0 Å². The average Bonchev–Trinajstić information content (AvgIpc) is 2.09. The first-order chi connectivity index (χ1) is 6.57. The third-order valence-corrected chi connectivity index (χ3v) is 2.18. The Morgan fingerprint density at radius 3 is 2.43 bits per heavy atom. The highest BCUT2D eigenvalue weighted by Crippen LogP contribution is 2.05. The van der Waals surface area contributed by atoms with Crippen LogP contribution in [0.2, 0.25) is 0 Å². The van der Waals surface area contributed by atoms with Gasteiger partial charge in [0.05, 0.1) is 0 Å². The molecule has 0 rings (SSSR count). The smallest absolute Gasteiger partial charge is 0.320 e. The number of rotatable bonds is 8. The summed E-state index contributed by atoms with van der Waals surface area (Å²) in [4.78, 5) is 10.8. The summed E-state index contributed by atoms with van der Waals surface area (Å²) in [5, 5.41) is 12.0. The molecule has 0 radical (unpaired) electrons. The Bertz CT molecular complexity index is 157. The van der Waals surface area contributed by atoms with E-state index in [2.05, 4.69) is 12.2 Å². The van der Waals surface area contributed by atoms with E-state index in [-0.39, 0.29) is 6.04 Å². The molecule has 0 saturated heterocycles. The molecular formula is C11H23NO2. The molecule has 84 valence electrons. The molecule has 0 aromatic rings. The number of unbranched alkanes of at least 4 members (excludes halogenated alkanes) is 2. The molecule has 0 aliphatic rings. The molecule has 1 unspecified atom stereocenters. The fourth-order valence-corrected chi connectivity index (χ4v) is 1.39. The summed E-state index contributed by atoms with van der Waals surface area (Å²) < 4.78 is 0. The van der Waals surface area contributed by atoms with Gasteiger partial charge in [0.2, 0.25) is 0 Å². The van der Waals surface area contributed by atoms with Crippen molar-refractivity contribution in [1.82, 2.24) is 5.32 Å². The summed E-state index contributed by atoms with van der Waals surface area (Å²) in [5.41, 5.74) is 0. The van der Waals surface area contributed by atoms with Gasteiger partial charge in [-0.2, -0.15) is 0 Å². The van der Waals surface area contributed by atoms with E-state index in [0.29, 0.717) is 12.3 Å². The van der Waals surface area contributed by atoms with Gasteiger partial charge in [0.15, 0.2) is 0 Å². The van der Waals surface area contributed by atoms with Gasteiger partial charge in [-0.05, 0) is 25.3 Å². The van der Waals surface area contributed by atoms with Crippen LogP contribution in [0.5, 0.6) is 0 Å². The van der Waals surface area contributed by atoms with Crippen LogP contribution in [0.4, 0.5) is 0 Å². The van der Waals surface area contributed by atoms with Crippen molar-refractivity contribution in [2.45, 2.75) is 52.5 Å². The number of nitrogens with one attached hydrogen (secondary N) is 1. The lowest BCUT2D eigenvalue weighted by Crippen LogP contribution is -2.38. The molecule has 0 bridgehead atoms. The number of hydrogen-bond acceptors (Lipinski definition) is 2. The number of carbonyl (C=O) groups is 1. The molecule has 0 aromatic carbocycles. The normalized spacial score (nSPS) is 13.1. The van der Waals surface area contributed by atoms with Crippen molar-refractivity contribution in [3.63, 3.8) is 0 Å². The first-order valence-corrected chi connectivity index (χ1v) is 5.54. The SMILES string of the molecule is CCCCCNC(CC(C)C)C(=O)O. The number of hydrogen-bond donors (Lipinski definition) is 2. The van der Waals surface area contributed by atoms with Gasteiger partial charge in [-0.25, -0.2) is 0 Å². The van der Waals surface area contributed by atoms with Gasteiger partial charge in [0, 0.05) is 0 Å². The monoisotopic (exact) mass is 201 g/mol. The minimum absolute atomic E-state index is 0.369. The zero-order valence-corrected chi connectivity index (χ0v) is 9.55. The first kappa shape index (κ1) is 13.4. The largest absolute Gasteiger partial charge is 0.480 e. The molecule has 3 heteroatoms. The predicted molar refractivity (Wildman–Crippen MR) is 58.4 cm³/mol. The lowest BCUT2D eigenvalue weighted by Gasteiger charge is -2.16. The van der Waals surface area contributed by atoms with Crippen molar-refractivity contribution < 1.29 is 9.90 Å². The zero-order chi connectivity index (χ0) is 11.0. The van der Waals surface area contributed by atoms with E-state index in [1.54, 1.807) is 0 Å². The summed E-state index contributed by atoms with van der Waals surface area (Å²) >= 11 is 0. The molecule has 0 aromatic heterocycles. The Balaban J connectivity index is 3.68. The van der Waals surface area contributed by atoms with Crippen LogP contribution in [0.25, 0.3) is 0 Å². The van der Waals surface area contributed by atoms with Gasteiger partial charge in [-0.1, -0.05) is 33.6 Å². The third-order valence-electron chi connectivity index (χ3n) is 2.18. The Kier molecular flexibility index (Phi) is 7.48. The highest BCUT2D eigenvalue weighted by molar-refractivity contribution is 5.73. The van der Waals surface area contributed by atoms with Crippen LogP contribution in [0.15, 0.2) is 0 Å². The number of carboxylic acids is 1. The zero-order valence-electron chi connectivity index (χ0n) is 9.55. The van der Waals surface area contributed by atoms with Crippen LogP contribution >= 0.6 is 0 Å². The van der Waals surface area contributed by atoms with Crippen LogP contribution in [0, 0.1) is 5.92 Å². The topological polar surface area (TPSA) is 49.3 Å². The minimum atomic E-state index is -0.727. The van der Waals surface area contributed by atoms with E-state index in [4.69, 9.17) is 5.11 Å². The van der Waals surface area contributed by atoms with E-state index in [0.717, 1.165) is 13.0 Å². The third kappa shape index (κ3) is 6.89. The lowest BCUT2D eigenvalue weighted by molar-refractivity contribution is -0.139. The molecule has 0 amide bonds. The summed E-state index contributed by atoms with van der Waals surface area (Å²) in [7, 11) is 0. The van der Waals surface area contributed by atoms with Crippen molar-refractivity contribution in [2.24, 2.45) is 5.92 Å². The van der Waals surface area contributed by atoms with Gasteiger partial charge >= 0.3 is 5.97 Å². The van der Waals surface area contributed by atoms with Gasteiger partial charge < -0.3 is 10.4 Å². The molecule has 2 N–H and O–H groups in total. The van der Waals surface area contributed by atoms with Gasteiger partial charge in [0.1, 0.15) is 6.04 Å². The van der Waals surface area contributed by atoms with E-state index in [1.165, 1.54) is 12.8 Å². The predicted octanol–water partition coefficient (Wildman–Crippen LogP) is 2.27. The molecule has 0 aliphatic carbocycles. The van der Waals surface area contributed by atoms with Crippen molar-refractivity contribution in [2.75, 3.05) is 6.54 Å². The fraction of sp³-hybridized carbons (Fsp3) is 0.909. The second kappa shape index (κ2) is 7.80. The highest BCUT2D eigenvalue weighted by Gasteiger charge is 2.17. The van der Waals surface area contributed by atoms with E-state index in [1.807, 2.05) is 13.8 Å². The van der Waals surface area contributed by atoms with Crippen molar-refractivity contribution in [3.8, 4) is 0 Å². The summed E-state index contributed by atoms with van der Waals surface area (Å²) in [6.45, 7) is 7.05. The second-order valence-corrected chi connectivity index (χ2v) is 4.18. The fourth-order valence-electron chi connectivity index (χ4n) is 1.39. The van der Waals surface area contributed by atoms with Crippen molar-refractivity contribution in [1.29, 1.82) is 0 Å². The molecule has 0 fully saturated rings. The van der Waals surface area contributed by atoms with Crippen LogP contribution < -0.4 is 5.32 Å². The maximum Gasteiger partial charge on any atom is 0.320 e. The maximum atomic E-state index is 10.8. The first-order valence-electron chi connectivity index (χ1n) is 5.54. The number of carboxylic acid groups (broad SMARTS) is 1. The maximum absolute atomic E-state index is 10.8. The highest BCUT2D eigenvalue weighted by atomic mass is 16.4. The molecule has 0 saturated carbocycles. The molecular weight excluding hydrogens is 178 g/mol. The standard InChI is InChI=1S/C11H23NO2/c1-4-5-6-7-12-10(11(13)14)8-9(2)3/h9-10,12H,4-8H2,1-3H3,(H,13,14). The van der Waals surface area contributed by atoms with Crippen molar-refractivity contribution >= 4 is 5.97 Å². The summed E-state index contributed by atoms with van der Waals surface area (Å²) in [6, 6.07) is -0.369. The Labute approximate surface area is 86.9 Å². The van der Waals surface area contributed by atoms with E-state index in [9.17, 15) is 4.79 Å². The number of aliphatic carboxylic acids is 1. The van der Waals surface area contributed by atoms with E-state index >= 15 is 0 Å². The van der Waals surface area contributed by atoms with Gasteiger partial charge in [-0.3, -0.25) is 4.79 Å². The Morgan fingerprint density at radius 1 is 1.36 bits per heavy atom. The molecule has 1 atom stereocenters. The molecule has 14 heavy (non-hydrogen) atoms. The van der Waals surface area contributed by atoms with Crippen LogP contribution in [-0.2, 0) is 4.79 Å². The average molecular weight is 201 g/mol. The summed E-state index contributed by atoms with van der Waals surface area (Å²) in [5.74, 6) is -0.301. The quantitative estimate of drug-likeness (QED) is 0.592. The van der Waals surface area contributed by atoms with Crippen LogP contribution in [0.1, 0.15) is 46.5 Å². The van der Waals surface area contributed by atoms with Gasteiger partial charge in [0.25, 0.3) is 0 Å². The molecule has 3 nitrogen and oxygen atoms in total. The Morgan fingerprint density at radius 2 is 2.00 bits per heavy atom.